The first-order chi connectivity index (χ1) is 12.2. The molecule has 0 spiro atoms. The lowest BCUT2D eigenvalue weighted by atomic mass is 10.0. The van der Waals surface area contributed by atoms with E-state index in [-0.39, 0.29) is 11.7 Å². The maximum Gasteiger partial charge on any atom is 0.254 e. The number of amides is 1. The number of Topliss-reactive ketones (excluding diaryl/α,β-unsaturated/α-hetero) is 1. The Labute approximate surface area is 148 Å². The first-order valence-corrected chi connectivity index (χ1v) is 9.47. The molecule has 0 saturated carbocycles. The second-order valence-electron chi connectivity index (χ2n) is 7.43. The Bertz CT molecular complexity index is 667. The number of rotatable bonds is 3. The van der Waals surface area contributed by atoms with Crippen LogP contribution in [-0.4, -0.2) is 67.4 Å². The number of nitrogens with zero attached hydrogens (tertiary/aromatic N) is 2. The minimum absolute atomic E-state index is 0.0950. The van der Waals surface area contributed by atoms with Crippen LogP contribution < -0.4 is 0 Å². The smallest absolute Gasteiger partial charge is 0.254 e. The summed E-state index contributed by atoms with van der Waals surface area (Å²) in [5.41, 5.74) is 2.45. The maximum atomic E-state index is 13.0. The molecule has 1 unspecified atom stereocenters. The van der Waals surface area contributed by atoms with E-state index in [9.17, 15) is 9.59 Å². The minimum Gasteiger partial charge on any atom is -0.381 e. The van der Waals surface area contributed by atoms with Crippen LogP contribution in [0.1, 0.15) is 45.5 Å². The van der Waals surface area contributed by atoms with Crippen molar-refractivity contribution in [2.75, 3.05) is 45.9 Å². The molecule has 1 aromatic carbocycles. The van der Waals surface area contributed by atoms with Crippen molar-refractivity contribution in [3.63, 3.8) is 0 Å². The van der Waals surface area contributed by atoms with Gasteiger partial charge in [-0.05, 0) is 43.4 Å². The normalized spacial score (nSPS) is 24.4. The van der Waals surface area contributed by atoms with Crippen LogP contribution in [0.15, 0.2) is 18.2 Å². The number of carbonyl (C=O) groups is 2. The molecule has 3 aliphatic rings. The zero-order valence-electron chi connectivity index (χ0n) is 14.7. The highest BCUT2D eigenvalue weighted by Crippen LogP contribution is 2.26. The summed E-state index contributed by atoms with van der Waals surface area (Å²) in [6.07, 6.45) is 3.41. The summed E-state index contributed by atoms with van der Waals surface area (Å²) >= 11 is 0. The van der Waals surface area contributed by atoms with Crippen molar-refractivity contribution >= 4 is 11.7 Å². The molecule has 4 rings (SSSR count). The quantitative estimate of drug-likeness (QED) is 0.843. The van der Waals surface area contributed by atoms with Crippen molar-refractivity contribution in [2.45, 2.75) is 25.7 Å². The van der Waals surface area contributed by atoms with Gasteiger partial charge in [-0.3, -0.25) is 9.59 Å². The van der Waals surface area contributed by atoms with Gasteiger partial charge in [0.2, 0.25) is 0 Å². The summed E-state index contributed by atoms with van der Waals surface area (Å²) in [4.78, 5) is 29.4. The molecular weight excluding hydrogens is 316 g/mol. The molecule has 5 nitrogen and oxygen atoms in total. The lowest BCUT2D eigenvalue weighted by Gasteiger charge is -2.24. The lowest BCUT2D eigenvalue weighted by molar-refractivity contribution is 0.0759. The summed E-state index contributed by atoms with van der Waals surface area (Å²) in [7, 11) is 0. The number of ketones is 1. The second kappa shape index (κ2) is 7.26. The van der Waals surface area contributed by atoms with Crippen molar-refractivity contribution in [1.29, 1.82) is 0 Å². The van der Waals surface area contributed by atoms with E-state index in [4.69, 9.17) is 4.74 Å². The van der Waals surface area contributed by atoms with Gasteiger partial charge in [-0.1, -0.05) is 12.1 Å². The van der Waals surface area contributed by atoms with E-state index >= 15 is 0 Å². The van der Waals surface area contributed by atoms with E-state index < -0.39 is 0 Å². The average molecular weight is 342 g/mol. The van der Waals surface area contributed by atoms with Gasteiger partial charge < -0.3 is 14.5 Å². The summed E-state index contributed by atoms with van der Waals surface area (Å²) in [5, 5.41) is 0. The highest BCUT2D eigenvalue weighted by Gasteiger charge is 2.28. The van der Waals surface area contributed by atoms with Gasteiger partial charge in [0.1, 0.15) is 0 Å². The summed E-state index contributed by atoms with van der Waals surface area (Å²) in [6, 6.07) is 5.59. The van der Waals surface area contributed by atoms with Crippen LogP contribution in [0.2, 0.25) is 0 Å². The number of benzene rings is 1. The van der Waals surface area contributed by atoms with Crippen LogP contribution in [0, 0.1) is 5.92 Å². The molecule has 25 heavy (non-hydrogen) atoms. The molecule has 134 valence electrons. The van der Waals surface area contributed by atoms with E-state index in [1.54, 1.807) is 0 Å². The third-order valence-electron chi connectivity index (χ3n) is 5.73. The molecule has 2 aliphatic heterocycles. The molecule has 0 radical (unpaired) electrons. The van der Waals surface area contributed by atoms with Crippen LogP contribution in [-0.2, 0) is 11.2 Å². The Hall–Kier alpha value is -1.72. The van der Waals surface area contributed by atoms with Gasteiger partial charge in [0.15, 0.2) is 5.78 Å². The highest BCUT2D eigenvalue weighted by atomic mass is 16.5. The predicted molar refractivity (Wildman–Crippen MR) is 95.0 cm³/mol. The first-order valence-electron chi connectivity index (χ1n) is 9.47. The Kier molecular flexibility index (Phi) is 4.86. The Morgan fingerprint density at radius 3 is 2.92 bits per heavy atom. The molecule has 2 fully saturated rings. The van der Waals surface area contributed by atoms with Gasteiger partial charge in [0.05, 0.1) is 6.61 Å². The minimum atomic E-state index is 0.0950. The molecule has 5 heteroatoms. The molecule has 0 N–H and O–H groups in total. The predicted octanol–water partition coefficient (Wildman–Crippen LogP) is 2.00. The van der Waals surface area contributed by atoms with E-state index in [1.807, 2.05) is 23.1 Å². The van der Waals surface area contributed by atoms with E-state index in [1.165, 1.54) is 0 Å². The fourth-order valence-corrected chi connectivity index (χ4v) is 4.31. The van der Waals surface area contributed by atoms with Gasteiger partial charge in [-0.15, -0.1) is 0 Å². The largest absolute Gasteiger partial charge is 0.381 e. The molecule has 0 bridgehead atoms. The van der Waals surface area contributed by atoms with Gasteiger partial charge in [-0.2, -0.15) is 0 Å². The topological polar surface area (TPSA) is 49.9 Å². The Morgan fingerprint density at radius 2 is 2.08 bits per heavy atom. The van der Waals surface area contributed by atoms with Crippen molar-refractivity contribution in [3.05, 3.63) is 34.9 Å². The summed E-state index contributed by atoms with van der Waals surface area (Å²) in [6.45, 7) is 6.39. The SMILES string of the molecule is O=C1CCc2c1cccc2C(=O)N1CCCN(CC2CCOC2)CC1. The van der Waals surface area contributed by atoms with Crippen LogP contribution in [0.25, 0.3) is 0 Å². The molecule has 1 amide bonds. The highest BCUT2D eigenvalue weighted by molar-refractivity contribution is 6.05. The zero-order valence-corrected chi connectivity index (χ0v) is 14.7. The Morgan fingerprint density at radius 1 is 1.16 bits per heavy atom. The zero-order chi connectivity index (χ0) is 17.2. The van der Waals surface area contributed by atoms with Crippen LogP contribution in [0.3, 0.4) is 0 Å². The molecule has 1 aliphatic carbocycles. The van der Waals surface area contributed by atoms with Crippen molar-refractivity contribution in [3.8, 4) is 0 Å². The lowest BCUT2D eigenvalue weighted by Crippen LogP contribution is -2.37. The fourth-order valence-electron chi connectivity index (χ4n) is 4.31. The monoisotopic (exact) mass is 342 g/mol. The number of hydrogen-bond donors (Lipinski definition) is 0. The molecule has 0 aromatic heterocycles. The summed E-state index contributed by atoms with van der Waals surface area (Å²) < 4.78 is 5.48. The first kappa shape index (κ1) is 16.7. The Balaban J connectivity index is 1.42. The van der Waals surface area contributed by atoms with Crippen molar-refractivity contribution in [2.24, 2.45) is 5.92 Å². The number of ether oxygens (including phenoxy) is 1. The van der Waals surface area contributed by atoms with E-state index in [2.05, 4.69) is 4.90 Å². The van der Waals surface area contributed by atoms with Gasteiger partial charge in [0.25, 0.3) is 5.91 Å². The molecule has 1 aromatic rings. The van der Waals surface area contributed by atoms with Gasteiger partial charge in [0, 0.05) is 50.3 Å². The van der Waals surface area contributed by atoms with Crippen LogP contribution in [0.5, 0.6) is 0 Å². The summed E-state index contributed by atoms with van der Waals surface area (Å²) in [5.74, 6) is 0.911. The number of carbonyl (C=O) groups excluding carboxylic acids is 2. The van der Waals surface area contributed by atoms with Crippen molar-refractivity contribution < 1.29 is 14.3 Å². The number of hydrogen-bond acceptors (Lipinski definition) is 4. The molecular formula is C20H26N2O3. The molecule has 1 atom stereocenters. The van der Waals surface area contributed by atoms with Crippen LogP contribution in [0.4, 0.5) is 0 Å². The molecule has 2 heterocycles. The van der Waals surface area contributed by atoms with Gasteiger partial charge >= 0.3 is 0 Å². The van der Waals surface area contributed by atoms with Gasteiger partial charge in [-0.25, -0.2) is 0 Å². The standard InChI is InChI=1S/C20H26N2O3/c23-19-6-5-16-17(19)3-1-4-18(16)20(24)22-9-2-8-21(10-11-22)13-15-7-12-25-14-15/h1,3-4,15H,2,5-14H2. The van der Waals surface area contributed by atoms with E-state index in [0.717, 1.165) is 75.5 Å². The van der Waals surface area contributed by atoms with E-state index in [0.29, 0.717) is 18.8 Å². The third kappa shape index (κ3) is 3.48. The second-order valence-corrected chi connectivity index (χ2v) is 7.43. The average Bonchev–Trinajstić information content (AvgIpc) is 3.20. The number of fused-ring (bicyclic) bond motifs is 1. The maximum absolute atomic E-state index is 13.0. The molecule has 2 saturated heterocycles. The third-order valence-corrected chi connectivity index (χ3v) is 5.73. The van der Waals surface area contributed by atoms with Crippen molar-refractivity contribution in [1.82, 2.24) is 9.80 Å². The van der Waals surface area contributed by atoms with Crippen LogP contribution >= 0.6 is 0 Å². The fraction of sp³-hybridized carbons (Fsp3) is 0.600.